The van der Waals surface area contributed by atoms with Crippen LogP contribution in [0.4, 0.5) is 5.69 Å². The third-order valence-electron chi connectivity index (χ3n) is 3.50. The maximum Gasteiger partial charge on any atom is 0.277 e. The summed E-state index contributed by atoms with van der Waals surface area (Å²) < 4.78 is 16.8. The minimum absolute atomic E-state index is 0.200. The van der Waals surface area contributed by atoms with E-state index in [2.05, 4.69) is 26.4 Å². The lowest BCUT2D eigenvalue weighted by atomic mass is 10.1. The van der Waals surface area contributed by atoms with Crippen LogP contribution in [0.3, 0.4) is 0 Å². The van der Waals surface area contributed by atoms with Gasteiger partial charge in [-0.15, -0.1) is 0 Å². The van der Waals surface area contributed by atoms with Crippen molar-refractivity contribution in [2.24, 2.45) is 0 Å². The molecule has 0 saturated heterocycles. The lowest BCUT2D eigenvalue weighted by molar-refractivity contribution is 0.101. The zero-order chi connectivity index (χ0) is 16.5. The van der Waals surface area contributed by atoms with Gasteiger partial charge in [0.15, 0.2) is 23.0 Å². The summed E-state index contributed by atoms with van der Waals surface area (Å²) >= 11 is 3.35. The van der Waals surface area contributed by atoms with E-state index in [-0.39, 0.29) is 18.4 Å². The van der Waals surface area contributed by atoms with E-state index in [0.29, 0.717) is 22.9 Å². The van der Waals surface area contributed by atoms with Crippen molar-refractivity contribution in [1.82, 2.24) is 5.16 Å². The molecule has 1 N–H and O–H groups in total. The molecule has 0 unspecified atom stereocenters. The number of amides is 1. The van der Waals surface area contributed by atoms with Gasteiger partial charge in [-0.1, -0.05) is 21.1 Å². The Hall–Kier alpha value is -2.80. The number of hydrogen-bond acceptors (Lipinski definition) is 5. The van der Waals surface area contributed by atoms with Gasteiger partial charge in [0.2, 0.25) is 6.79 Å². The second-order valence-corrected chi connectivity index (χ2v) is 6.02. The Morgan fingerprint density at radius 3 is 2.67 bits per heavy atom. The summed E-state index contributed by atoms with van der Waals surface area (Å²) in [5.41, 5.74) is 1.64. The van der Waals surface area contributed by atoms with Crippen LogP contribution in [0.15, 0.2) is 57.5 Å². The first kappa shape index (κ1) is 14.8. The van der Waals surface area contributed by atoms with Crippen LogP contribution in [-0.2, 0) is 0 Å². The van der Waals surface area contributed by atoms with E-state index in [9.17, 15) is 4.79 Å². The van der Waals surface area contributed by atoms with Crippen molar-refractivity contribution in [3.8, 4) is 22.8 Å². The predicted molar refractivity (Wildman–Crippen MR) is 90.2 cm³/mol. The molecule has 3 aromatic rings. The molecule has 0 atom stereocenters. The van der Waals surface area contributed by atoms with Crippen LogP contribution >= 0.6 is 15.9 Å². The largest absolute Gasteiger partial charge is 0.454 e. The SMILES string of the molecule is O=C(Nc1ccc(Br)cc1)c1cc(-c2ccc3c(c2)OCO3)on1. The Morgan fingerprint density at radius 1 is 1.04 bits per heavy atom. The minimum Gasteiger partial charge on any atom is -0.454 e. The van der Waals surface area contributed by atoms with Crippen molar-refractivity contribution < 1.29 is 18.8 Å². The molecular weight excluding hydrogens is 376 g/mol. The third-order valence-corrected chi connectivity index (χ3v) is 4.03. The number of halogens is 1. The van der Waals surface area contributed by atoms with E-state index in [0.717, 1.165) is 10.0 Å². The number of ether oxygens (including phenoxy) is 2. The second-order valence-electron chi connectivity index (χ2n) is 5.11. The molecule has 2 aromatic carbocycles. The van der Waals surface area contributed by atoms with E-state index < -0.39 is 0 Å². The van der Waals surface area contributed by atoms with Gasteiger partial charge in [0.1, 0.15) is 0 Å². The van der Waals surface area contributed by atoms with Crippen molar-refractivity contribution in [3.05, 3.63) is 58.7 Å². The number of aromatic nitrogens is 1. The highest BCUT2D eigenvalue weighted by Gasteiger charge is 2.18. The topological polar surface area (TPSA) is 73.6 Å². The molecule has 120 valence electrons. The Labute approximate surface area is 145 Å². The highest BCUT2D eigenvalue weighted by Crippen LogP contribution is 2.36. The summed E-state index contributed by atoms with van der Waals surface area (Å²) in [7, 11) is 0. The van der Waals surface area contributed by atoms with Crippen molar-refractivity contribution in [1.29, 1.82) is 0 Å². The molecule has 1 aliphatic rings. The Balaban J connectivity index is 1.54. The summed E-state index contributed by atoms with van der Waals surface area (Å²) in [6, 6.07) is 14.3. The molecule has 24 heavy (non-hydrogen) atoms. The molecule has 4 rings (SSSR count). The summed E-state index contributed by atoms with van der Waals surface area (Å²) in [4.78, 5) is 12.2. The summed E-state index contributed by atoms with van der Waals surface area (Å²) in [6.07, 6.45) is 0. The maximum atomic E-state index is 12.2. The smallest absolute Gasteiger partial charge is 0.277 e. The van der Waals surface area contributed by atoms with Gasteiger partial charge in [0, 0.05) is 21.8 Å². The first-order valence-corrected chi connectivity index (χ1v) is 7.92. The molecule has 0 radical (unpaired) electrons. The molecular formula is C17H11BrN2O4. The van der Waals surface area contributed by atoms with Gasteiger partial charge in [-0.3, -0.25) is 4.79 Å². The zero-order valence-corrected chi connectivity index (χ0v) is 13.9. The van der Waals surface area contributed by atoms with Gasteiger partial charge >= 0.3 is 0 Å². The van der Waals surface area contributed by atoms with Crippen LogP contribution in [0.25, 0.3) is 11.3 Å². The standard InChI is InChI=1S/C17H11BrN2O4/c18-11-2-4-12(5-3-11)19-17(21)13-8-15(24-20-13)10-1-6-14-16(7-10)23-9-22-14/h1-8H,9H2,(H,19,21). The van der Waals surface area contributed by atoms with Crippen LogP contribution in [0.1, 0.15) is 10.5 Å². The monoisotopic (exact) mass is 386 g/mol. The first-order chi connectivity index (χ1) is 11.7. The van der Waals surface area contributed by atoms with E-state index in [1.54, 1.807) is 30.3 Å². The molecule has 1 aromatic heterocycles. The van der Waals surface area contributed by atoms with Gasteiger partial charge in [0.25, 0.3) is 5.91 Å². The fourth-order valence-corrected chi connectivity index (χ4v) is 2.56. The molecule has 6 nitrogen and oxygen atoms in total. The number of hydrogen-bond donors (Lipinski definition) is 1. The molecule has 0 saturated carbocycles. The number of carbonyl (C=O) groups is 1. The molecule has 7 heteroatoms. The molecule has 2 heterocycles. The average molecular weight is 387 g/mol. The molecule has 0 bridgehead atoms. The fourth-order valence-electron chi connectivity index (χ4n) is 2.30. The van der Waals surface area contributed by atoms with E-state index in [1.807, 2.05) is 18.2 Å². The number of nitrogens with zero attached hydrogens (tertiary/aromatic N) is 1. The Bertz CT molecular complexity index is 905. The fraction of sp³-hybridized carbons (Fsp3) is 0.0588. The van der Waals surface area contributed by atoms with Crippen molar-refractivity contribution in [2.45, 2.75) is 0 Å². The van der Waals surface area contributed by atoms with Crippen LogP contribution < -0.4 is 14.8 Å². The van der Waals surface area contributed by atoms with E-state index in [4.69, 9.17) is 14.0 Å². The normalized spacial score (nSPS) is 12.2. The van der Waals surface area contributed by atoms with Crippen LogP contribution in [0, 0.1) is 0 Å². The zero-order valence-electron chi connectivity index (χ0n) is 12.3. The molecule has 0 fully saturated rings. The minimum atomic E-state index is -0.340. The number of benzene rings is 2. The highest BCUT2D eigenvalue weighted by molar-refractivity contribution is 9.10. The number of nitrogens with one attached hydrogen (secondary N) is 1. The highest BCUT2D eigenvalue weighted by atomic mass is 79.9. The molecule has 1 amide bonds. The Kier molecular flexibility index (Phi) is 3.70. The van der Waals surface area contributed by atoms with Crippen LogP contribution in [-0.4, -0.2) is 17.9 Å². The average Bonchev–Trinajstić information content (AvgIpc) is 3.25. The maximum absolute atomic E-state index is 12.2. The number of anilines is 1. The number of rotatable bonds is 3. The third kappa shape index (κ3) is 2.85. The van der Waals surface area contributed by atoms with Crippen molar-refractivity contribution in [2.75, 3.05) is 12.1 Å². The molecule has 1 aliphatic heterocycles. The van der Waals surface area contributed by atoms with Gasteiger partial charge < -0.3 is 19.3 Å². The quantitative estimate of drug-likeness (QED) is 0.733. The van der Waals surface area contributed by atoms with Crippen molar-refractivity contribution >= 4 is 27.5 Å². The second kappa shape index (κ2) is 6.01. The molecule has 0 aliphatic carbocycles. The summed E-state index contributed by atoms with van der Waals surface area (Å²) in [6.45, 7) is 0.204. The van der Waals surface area contributed by atoms with Gasteiger partial charge in [-0.05, 0) is 42.5 Å². The Morgan fingerprint density at radius 2 is 1.83 bits per heavy atom. The van der Waals surface area contributed by atoms with Crippen LogP contribution in [0.5, 0.6) is 11.5 Å². The number of carbonyl (C=O) groups excluding carboxylic acids is 1. The van der Waals surface area contributed by atoms with Gasteiger partial charge in [-0.25, -0.2) is 0 Å². The lowest BCUT2D eigenvalue weighted by Gasteiger charge is -2.02. The van der Waals surface area contributed by atoms with E-state index >= 15 is 0 Å². The lowest BCUT2D eigenvalue weighted by Crippen LogP contribution is -2.11. The summed E-state index contributed by atoms with van der Waals surface area (Å²) in [5.74, 6) is 1.47. The first-order valence-electron chi connectivity index (χ1n) is 7.13. The van der Waals surface area contributed by atoms with Crippen LogP contribution in [0.2, 0.25) is 0 Å². The number of fused-ring (bicyclic) bond motifs is 1. The van der Waals surface area contributed by atoms with Crippen molar-refractivity contribution in [3.63, 3.8) is 0 Å². The summed E-state index contributed by atoms with van der Waals surface area (Å²) in [5, 5.41) is 6.60. The van der Waals surface area contributed by atoms with Gasteiger partial charge in [0.05, 0.1) is 0 Å². The van der Waals surface area contributed by atoms with Gasteiger partial charge in [-0.2, -0.15) is 0 Å². The predicted octanol–water partition coefficient (Wildman–Crippen LogP) is 4.09. The molecule has 0 spiro atoms. The van der Waals surface area contributed by atoms with E-state index in [1.165, 1.54) is 0 Å².